The summed E-state index contributed by atoms with van der Waals surface area (Å²) < 4.78 is 22.2. The van der Waals surface area contributed by atoms with Crippen molar-refractivity contribution in [1.29, 1.82) is 0 Å². The van der Waals surface area contributed by atoms with Gasteiger partial charge in [-0.05, 0) is 83.5 Å². The molecule has 0 bridgehead atoms. The molecule has 1 fully saturated rings. The van der Waals surface area contributed by atoms with Gasteiger partial charge in [0.15, 0.2) is 12.4 Å². The van der Waals surface area contributed by atoms with E-state index in [2.05, 4.69) is 74.6 Å². The highest BCUT2D eigenvalue weighted by molar-refractivity contribution is 5.70. The number of allylic oxidation sites excluding steroid dienone is 10. The number of carbonyl (C=O) groups is 2. The molecule has 1 aliphatic heterocycles. The Hall–Kier alpha value is -2.60. The van der Waals surface area contributed by atoms with Gasteiger partial charge >= 0.3 is 11.9 Å². The van der Waals surface area contributed by atoms with E-state index in [9.17, 15) is 30.0 Å². The van der Waals surface area contributed by atoms with Crippen molar-refractivity contribution in [2.45, 2.75) is 230 Å². The van der Waals surface area contributed by atoms with Crippen molar-refractivity contribution in [3.8, 4) is 0 Å². The number of esters is 2. The van der Waals surface area contributed by atoms with Gasteiger partial charge in [0.2, 0.25) is 0 Å². The molecule has 6 atom stereocenters. The number of aliphatic hydroxyl groups is 4. The maximum absolute atomic E-state index is 12.8. The molecule has 352 valence electrons. The van der Waals surface area contributed by atoms with E-state index in [4.69, 9.17) is 18.9 Å². The lowest BCUT2D eigenvalue weighted by molar-refractivity contribution is -0.305. The normalized spacial score (nSPS) is 20.3. The first-order chi connectivity index (χ1) is 29.8. The van der Waals surface area contributed by atoms with Crippen molar-refractivity contribution in [3.05, 3.63) is 60.8 Å². The second kappa shape index (κ2) is 41.4. The first-order valence-electron chi connectivity index (χ1n) is 24.4. The zero-order chi connectivity index (χ0) is 44.4. The number of carbonyl (C=O) groups excluding carboxylic acids is 2. The van der Waals surface area contributed by atoms with E-state index in [-0.39, 0.29) is 26.1 Å². The number of ether oxygens (including phenoxy) is 4. The summed E-state index contributed by atoms with van der Waals surface area (Å²) in [6, 6.07) is 0. The highest BCUT2D eigenvalue weighted by Gasteiger charge is 2.44. The van der Waals surface area contributed by atoms with Crippen LogP contribution in [0.15, 0.2) is 60.8 Å². The number of hydrogen-bond acceptors (Lipinski definition) is 10. The van der Waals surface area contributed by atoms with Crippen LogP contribution in [-0.4, -0.2) is 89.0 Å². The lowest BCUT2D eigenvalue weighted by Gasteiger charge is -2.39. The highest BCUT2D eigenvalue weighted by atomic mass is 16.7. The van der Waals surface area contributed by atoms with Crippen LogP contribution in [0.25, 0.3) is 0 Å². The predicted octanol–water partition coefficient (Wildman–Crippen LogP) is 11.0. The standard InChI is InChI=1S/C51H88O10/c1-3-5-7-9-11-13-15-17-19-21-22-24-26-28-30-32-34-36-38-40-47(54)60-44(43-59-51-50(57)49(56)48(55)45(41-52)61-51)42-58-46(53)39-37-35-33-31-29-27-25-23-20-18-16-14-12-10-8-6-4-2/h11,13,17-20,22,24,28,30,44-45,48-52,55-57H,3-10,12,14-16,21,23,25-27,29,31-43H2,1-2H3/b13-11+,19-17+,20-18+,24-22+,30-28+/t44-,45-,48+,49?,50?,51-/m1/s1. The SMILES string of the molecule is CCCCC/C=C/C/C=C/C/C=C/C/C=C/CCCCCC(=O)O[C@H](COC(=O)CCCCCCCCC/C=C/CCCCCCCC)CO[C@@H]1O[C@H](CO)[C@H](O)C(O)C1O. The van der Waals surface area contributed by atoms with Crippen molar-refractivity contribution in [3.63, 3.8) is 0 Å². The average molecular weight is 861 g/mol. The molecule has 0 amide bonds. The Balaban J connectivity index is 2.33. The molecule has 0 aromatic heterocycles. The summed E-state index contributed by atoms with van der Waals surface area (Å²) in [4.78, 5) is 25.4. The maximum Gasteiger partial charge on any atom is 0.306 e. The molecule has 0 spiro atoms. The summed E-state index contributed by atoms with van der Waals surface area (Å²) in [6.07, 6.45) is 43.6. The van der Waals surface area contributed by atoms with E-state index in [1.165, 1.54) is 89.9 Å². The summed E-state index contributed by atoms with van der Waals surface area (Å²) in [5.41, 5.74) is 0. The average Bonchev–Trinajstić information content (AvgIpc) is 3.26. The van der Waals surface area contributed by atoms with Crippen LogP contribution < -0.4 is 0 Å². The van der Waals surface area contributed by atoms with E-state index in [1.807, 2.05) is 0 Å². The summed E-state index contributed by atoms with van der Waals surface area (Å²) in [7, 11) is 0. The van der Waals surface area contributed by atoms with Crippen LogP contribution in [0, 0.1) is 0 Å². The Morgan fingerprint density at radius 1 is 0.508 bits per heavy atom. The molecule has 61 heavy (non-hydrogen) atoms. The number of rotatable bonds is 40. The van der Waals surface area contributed by atoms with Crippen LogP contribution in [0.4, 0.5) is 0 Å². The Kier molecular flexibility index (Phi) is 38.3. The third-order valence-electron chi connectivity index (χ3n) is 10.9. The van der Waals surface area contributed by atoms with Gasteiger partial charge in [-0.2, -0.15) is 0 Å². The second-order valence-corrected chi connectivity index (χ2v) is 16.6. The minimum absolute atomic E-state index is 0.190. The van der Waals surface area contributed by atoms with E-state index in [0.29, 0.717) is 12.8 Å². The molecule has 1 aliphatic rings. The third-order valence-corrected chi connectivity index (χ3v) is 10.9. The highest BCUT2D eigenvalue weighted by Crippen LogP contribution is 2.22. The maximum atomic E-state index is 12.8. The van der Waals surface area contributed by atoms with Gasteiger partial charge in [-0.1, -0.05) is 158 Å². The van der Waals surface area contributed by atoms with Crippen LogP contribution in [0.5, 0.6) is 0 Å². The molecule has 0 saturated carbocycles. The summed E-state index contributed by atoms with van der Waals surface area (Å²) in [5.74, 6) is -0.848. The molecule has 0 aliphatic carbocycles. The first kappa shape index (κ1) is 56.4. The first-order valence-corrected chi connectivity index (χ1v) is 24.4. The van der Waals surface area contributed by atoms with Gasteiger partial charge in [0.1, 0.15) is 31.0 Å². The monoisotopic (exact) mass is 861 g/mol. The fourth-order valence-electron chi connectivity index (χ4n) is 6.99. The van der Waals surface area contributed by atoms with Crippen molar-refractivity contribution in [2.24, 2.45) is 0 Å². The van der Waals surface area contributed by atoms with Gasteiger partial charge in [-0.3, -0.25) is 9.59 Å². The lowest BCUT2D eigenvalue weighted by atomic mass is 9.99. The Bertz CT molecular complexity index is 1180. The number of unbranched alkanes of at least 4 members (excludes halogenated alkanes) is 19. The van der Waals surface area contributed by atoms with E-state index in [1.54, 1.807) is 0 Å². The van der Waals surface area contributed by atoms with Crippen molar-refractivity contribution in [2.75, 3.05) is 19.8 Å². The van der Waals surface area contributed by atoms with E-state index in [0.717, 1.165) is 64.2 Å². The molecular weight excluding hydrogens is 773 g/mol. The zero-order valence-corrected chi connectivity index (χ0v) is 38.4. The smallest absolute Gasteiger partial charge is 0.306 e. The molecule has 0 radical (unpaired) electrons. The second-order valence-electron chi connectivity index (χ2n) is 16.6. The van der Waals surface area contributed by atoms with Gasteiger partial charge < -0.3 is 39.4 Å². The molecular formula is C51H88O10. The van der Waals surface area contributed by atoms with Crippen molar-refractivity contribution < 1.29 is 49.0 Å². The largest absolute Gasteiger partial charge is 0.462 e. The molecule has 0 aromatic rings. The van der Waals surface area contributed by atoms with Crippen LogP contribution in [0.1, 0.15) is 194 Å². The Labute approximate surface area is 370 Å². The fraction of sp³-hybridized carbons (Fsp3) is 0.765. The minimum Gasteiger partial charge on any atom is -0.462 e. The van der Waals surface area contributed by atoms with Crippen molar-refractivity contribution in [1.82, 2.24) is 0 Å². The van der Waals surface area contributed by atoms with Gasteiger partial charge in [0, 0.05) is 12.8 Å². The van der Waals surface area contributed by atoms with Gasteiger partial charge in [0.25, 0.3) is 0 Å². The fourth-order valence-corrected chi connectivity index (χ4v) is 6.99. The molecule has 10 nitrogen and oxygen atoms in total. The minimum atomic E-state index is -1.60. The number of hydrogen-bond donors (Lipinski definition) is 4. The molecule has 0 aromatic carbocycles. The Morgan fingerprint density at radius 2 is 0.918 bits per heavy atom. The predicted molar refractivity (Wildman–Crippen MR) is 247 cm³/mol. The summed E-state index contributed by atoms with van der Waals surface area (Å²) >= 11 is 0. The summed E-state index contributed by atoms with van der Waals surface area (Å²) in [5, 5.41) is 40.1. The molecule has 4 N–H and O–H groups in total. The third kappa shape index (κ3) is 32.7. The van der Waals surface area contributed by atoms with Gasteiger partial charge in [-0.25, -0.2) is 0 Å². The molecule has 1 heterocycles. The van der Waals surface area contributed by atoms with Crippen LogP contribution >= 0.6 is 0 Å². The van der Waals surface area contributed by atoms with Crippen LogP contribution in [0.2, 0.25) is 0 Å². The van der Waals surface area contributed by atoms with Crippen LogP contribution in [0.3, 0.4) is 0 Å². The molecule has 10 heteroatoms. The zero-order valence-electron chi connectivity index (χ0n) is 38.4. The summed E-state index contributed by atoms with van der Waals surface area (Å²) in [6.45, 7) is 3.36. The lowest BCUT2D eigenvalue weighted by Crippen LogP contribution is -2.59. The van der Waals surface area contributed by atoms with E-state index < -0.39 is 55.4 Å². The molecule has 2 unspecified atom stereocenters. The van der Waals surface area contributed by atoms with Gasteiger partial charge in [-0.15, -0.1) is 0 Å². The molecule has 1 saturated heterocycles. The quantitative estimate of drug-likeness (QED) is 0.0266. The topological polar surface area (TPSA) is 152 Å². The van der Waals surface area contributed by atoms with Gasteiger partial charge in [0.05, 0.1) is 13.2 Å². The Morgan fingerprint density at radius 3 is 1.44 bits per heavy atom. The molecule has 1 rings (SSSR count). The number of aliphatic hydroxyl groups excluding tert-OH is 4. The van der Waals surface area contributed by atoms with Crippen molar-refractivity contribution >= 4 is 11.9 Å². The van der Waals surface area contributed by atoms with Crippen LogP contribution in [-0.2, 0) is 28.5 Å². The van der Waals surface area contributed by atoms with E-state index >= 15 is 0 Å².